The van der Waals surface area contributed by atoms with Crippen LogP contribution in [-0.2, 0) is 9.59 Å². The molecule has 0 radical (unpaired) electrons. The summed E-state index contributed by atoms with van der Waals surface area (Å²) in [7, 11) is 0. The second kappa shape index (κ2) is 8.25. The van der Waals surface area contributed by atoms with Crippen LogP contribution in [0.3, 0.4) is 0 Å². The van der Waals surface area contributed by atoms with Crippen LogP contribution < -0.4 is 16.4 Å². The maximum atomic E-state index is 12.1. The lowest BCUT2D eigenvalue weighted by Gasteiger charge is -2.32. The summed E-state index contributed by atoms with van der Waals surface area (Å²) < 4.78 is 0. The van der Waals surface area contributed by atoms with Gasteiger partial charge in [0.2, 0.25) is 11.8 Å². The summed E-state index contributed by atoms with van der Waals surface area (Å²) in [6, 6.07) is 0.128. The fourth-order valence-electron chi connectivity index (χ4n) is 2.63. The molecule has 1 rings (SSSR count). The first-order valence-corrected chi connectivity index (χ1v) is 7.78. The zero-order chi connectivity index (χ0) is 15.1. The summed E-state index contributed by atoms with van der Waals surface area (Å²) in [5.74, 6) is 0.283. The van der Waals surface area contributed by atoms with E-state index in [1.54, 1.807) is 0 Å². The smallest absolute Gasteiger partial charge is 0.224 e. The number of carbonyl (C=O) groups excluding carboxylic acids is 2. The zero-order valence-corrected chi connectivity index (χ0v) is 12.9. The lowest BCUT2D eigenvalue weighted by molar-refractivity contribution is -0.127. The molecule has 0 aromatic carbocycles. The molecule has 2 amide bonds. The molecule has 0 aliphatic heterocycles. The summed E-state index contributed by atoms with van der Waals surface area (Å²) in [6.07, 6.45) is 4.25. The highest BCUT2D eigenvalue weighted by Gasteiger charge is 2.32. The molecule has 1 aliphatic carbocycles. The van der Waals surface area contributed by atoms with Gasteiger partial charge in [0, 0.05) is 25.0 Å². The minimum atomic E-state index is -0.101. The molecule has 116 valence electrons. The normalized spacial score (nSPS) is 27.7. The minimum absolute atomic E-state index is 0.000361. The topological polar surface area (TPSA) is 84.2 Å². The SMILES string of the molecule is CCC(C)NC(=O)CCNC(=O)C1CCCC(C)C1N. The van der Waals surface area contributed by atoms with Crippen LogP contribution in [0.1, 0.15) is 52.9 Å². The molecule has 0 heterocycles. The van der Waals surface area contributed by atoms with Crippen molar-refractivity contribution in [3.63, 3.8) is 0 Å². The Bertz CT molecular complexity index is 333. The van der Waals surface area contributed by atoms with Gasteiger partial charge >= 0.3 is 0 Å². The van der Waals surface area contributed by atoms with Gasteiger partial charge in [-0.1, -0.05) is 20.3 Å². The quantitative estimate of drug-likeness (QED) is 0.684. The Hall–Kier alpha value is -1.10. The van der Waals surface area contributed by atoms with E-state index >= 15 is 0 Å². The number of nitrogens with one attached hydrogen (secondary N) is 2. The number of nitrogens with two attached hydrogens (primary N) is 1. The van der Waals surface area contributed by atoms with Crippen molar-refractivity contribution in [2.24, 2.45) is 17.6 Å². The summed E-state index contributed by atoms with van der Waals surface area (Å²) in [5.41, 5.74) is 6.10. The lowest BCUT2D eigenvalue weighted by atomic mass is 9.78. The second-order valence-corrected chi connectivity index (χ2v) is 6.01. The largest absolute Gasteiger partial charge is 0.355 e. The van der Waals surface area contributed by atoms with E-state index in [9.17, 15) is 9.59 Å². The van der Waals surface area contributed by atoms with Crippen LogP contribution in [0.2, 0.25) is 0 Å². The van der Waals surface area contributed by atoms with Crippen molar-refractivity contribution in [2.45, 2.75) is 65.0 Å². The Morgan fingerprint density at radius 1 is 1.35 bits per heavy atom. The van der Waals surface area contributed by atoms with E-state index in [-0.39, 0.29) is 29.8 Å². The number of hydrogen-bond donors (Lipinski definition) is 3. The fraction of sp³-hybridized carbons (Fsp3) is 0.867. The first-order valence-electron chi connectivity index (χ1n) is 7.78. The Balaban J connectivity index is 2.27. The number of rotatable bonds is 6. The average Bonchev–Trinajstić information content (AvgIpc) is 2.41. The van der Waals surface area contributed by atoms with E-state index in [2.05, 4.69) is 17.6 Å². The number of amides is 2. The Morgan fingerprint density at radius 2 is 2.05 bits per heavy atom. The molecule has 1 saturated carbocycles. The van der Waals surface area contributed by atoms with E-state index < -0.39 is 0 Å². The molecule has 1 fully saturated rings. The van der Waals surface area contributed by atoms with Gasteiger partial charge in [-0.15, -0.1) is 0 Å². The summed E-state index contributed by atoms with van der Waals surface area (Å²) in [5, 5.41) is 5.73. The molecule has 0 saturated heterocycles. The Labute approximate surface area is 122 Å². The van der Waals surface area contributed by atoms with E-state index in [1.807, 2.05) is 13.8 Å². The van der Waals surface area contributed by atoms with Crippen LogP contribution in [0.4, 0.5) is 0 Å². The third-order valence-electron chi connectivity index (χ3n) is 4.30. The van der Waals surface area contributed by atoms with Crippen molar-refractivity contribution in [3.8, 4) is 0 Å². The van der Waals surface area contributed by atoms with Gasteiger partial charge in [-0.25, -0.2) is 0 Å². The molecular formula is C15H29N3O2. The molecule has 0 spiro atoms. The van der Waals surface area contributed by atoms with Crippen molar-refractivity contribution < 1.29 is 9.59 Å². The van der Waals surface area contributed by atoms with Crippen LogP contribution in [-0.4, -0.2) is 30.4 Å². The first kappa shape index (κ1) is 17.0. The Kier molecular flexibility index (Phi) is 6.99. The van der Waals surface area contributed by atoms with Crippen LogP contribution in [0.5, 0.6) is 0 Å². The van der Waals surface area contributed by atoms with E-state index in [4.69, 9.17) is 5.73 Å². The van der Waals surface area contributed by atoms with Crippen molar-refractivity contribution >= 4 is 11.8 Å². The van der Waals surface area contributed by atoms with E-state index in [0.717, 1.165) is 25.7 Å². The van der Waals surface area contributed by atoms with Gasteiger partial charge in [-0.3, -0.25) is 9.59 Å². The van der Waals surface area contributed by atoms with Gasteiger partial charge in [0.05, 0.1) is 5.92 Å². The molecule has 5 heteroatoms. The first-order chi connectivity index (χ1) is 9.45. The molecule has 20 heavy (non-hydrogen) atoms. The van der Waals surface area contributed by atoms with E-state index in [0.29, 0.717) is 18.9 Å². The van der Waals surface area contributed by atoms with Crippen LogP contribution >= 0.6 is 0 Å². The number of hydrogen-bond acceptors (Lipinski definition) is 3. The van der Waals surface area contributed by atoms with Crippen molar-refractivity contribution in [1.82, 2.24) is 10.6 Å². The predicted octanol–water partition coefficient (Wildman–Crippen LogP) is 1.17. The monoisotopic (exact) mass is 283 g/mol. The third-order valence-corrected chi connectivity index (χ3v) is 4.30. The summed E-state index contributed by atoms with van der Waals surface area (Å²) in [4.78, 5) is 23.7. The molecule has 0 aromatic rings. The fourth-order valence-corrected chi connectivity index (χ4v) is 2.63. The standard InChI is InChI=1S/C15H29N3O2/c1-4-11(3)18-13(19)8-9-17-15(20)12-7-5-6-10(2)14(12)16/h10-12,14H,4-9,16H2,1-3H3,(H,17,20)(H,18,19). The van der Waals surface area contributed by atoms with Gasteiger partial charge in [-0.2, -0.15) is 0 Å². The molecular weight excluding hydrogens is 254 g/mol. The summed E-state index contributed by atoms with van der Waals surface area (Å²) in [6.45, 7) is 6.49. The molecule has 0 bridgehead atoms. The van der Waals surface area contributed by atoms with Crippen molar-refractivity contribution in [3.05, 3.63) is 0 Å². The van der Waals surface area contributed by atoms with E-state index in [1.165, 1.54) is 0 Å². The molecule has 4 unspecified atom stereocenters. The van der Waals surface area contributed by atoms with Crippen LogP contribution in [0, 0.1) is 11.8 Å². The maximum Gasteiger partial charge on any atom is 0.224 e. The van der Waals surface area contributed by atoms with Gasteiger partial charge in [-0.05, 0) is 32.1 Å². The highest BCUT2D eigenvalue weighted by molar-refractivity contribution is 5.81. The second-order valence-electron chi connectivity index (χ2n) is 6.01. The molecule has 5 nitrogen and oxygen atoms in total. The summed E-state index contributed by atoms with van der Waals surface area (Å²) >= 11 is 0. The zero-order valence-electron chi connectivity index (χ0n) is 12.9. The Morgan fingerprint density at radius 3 is 2.70 bits per heavy atom. The molecule has 4 N–H and O–H groups in total. The van der Waals surface area contributed by atoms with Gasteiger partial charge < -0.3 is 16.4 Å². The third kappa shape index (κ3) is 5.12. The predicted molar refractivity (Wildman–Crippen MR) is 80.0 cm³/mol. The molecule has 1 aliphatic rings. The highest BCUT2D eigenvalue weighted by Crippen LogP contribution is 2.27. The van der Waals surface area contributed by atoms with Crippen molar-refractivity contribution in [2.75, 3.05) is 6.54 Å². The average molecular weight is 283 g/mol. The minimum Gasteiger partial charge on any atom is -0.355 e. The van der Waals surface area contributed by atoms with Crippen molar-refractivity contribution in [1.29, 1.82) is 0 Å². The number of carbonyl (C=O) groups is 2. The van der Waals surface area contributed by atoms with Crippen LogP contribution in [0.25, 0.3) is 0 Å². The molecule has 4 atom stereocenters. The van der Waals surface area contributed by atoms with Crippen LogP contribution in [0.15, 0.2) is 0 Å². The van der Waals surface area contributed by atoms with Gasteiger partial charge in [0.1, 0.15) is 0 Å². The lowest BCUT2D eigenvalue weighted by Crippen LogP contribution is -2.48. The van der Waals surface area contributed by atoms with Gasteiger partial charge in [0.15, 0.2) is 0 Å². The highest BCUT2D eigenvalue weighted by atomic mass is 16.2. The maximum absolute atomic E-state index is 12.1. The molecule has 0 aromatic heterocycles. The van der Waals surface area contributed by atoms with Gasteiger partial charge in [0.25, 0.3) is 0 Å².